The van der Waals surface area contributed by atoms with Crippen molar-refractivity contribution in [2.45, 2.75) is 25.8 Å². The van der Waals surface area contributed by atoms with E-state index in [9.17, 15) is 9.59 Å². The number of carbonyl (C=O) groups is 2. The van der Waals surface area contributed by atoms with E-state index in [4.69, 9.17) is 10.8 Å². The van der Waals surface area contributed by atoms with Crippen molar-refractivity contribution in [2.75, 3.05) is 0 Å². The van der Waals surface area contributed by atoms with E-state index < -0.39 is 11.9 Å². The molecule has 23 heavy (non-hydrogen) atoms. The average molecular weight is 310 g/mol. The Labute approximate surface area is 133 Å². The molecule has 1 amide bonds. The Balaban J connectivity index is 2.12. The van der Waals surface area contributed by atoms with Gasteiger partial charge in [0, 0.05) is 29.1 Å². The van der Waals surface area contributed by atoms with Gasteiger partial charge in [0.1, 0.15) is 0 Å². The van der Waals surface area contributed by atoms with Crippen LogP contribution in [0, 0.1) is 0 Å². The molecular formula is C18H18N2O3. The number of carbonyl (C=O) groups excluding carboxylic acids is 1. The third kappa shape index (κ3) is 2.54. The van der Waals surface area contributed by atoms with Crippen LogP contribution in [-0.4, -0.2) is 21.6 Å². The van der Waals surface area contributed by atoms with Gasteiger partial charge in [-0.2, -0.15) is 0 Å². The lowest BCUT2D eigenvalue weighted by Crippen LogP contribution is -2.10. The molecule has 2 aromatic rings. The lowest BCUT2D eigenvalue weighted by Gasteiger charge is -2.10. The molecule has 118 valence electrons. The van der Waals surface area contributed by atoms with Crippen molar-refractivity contribution >= 4 is 22.8 Å². The number of hydrogen-bond acceptors (Lipinski definition) is 2. The molecule has 1 aliphatic rings. The third-order valence-corrected chi connectivity index (χ3v) is 4.15. The highest BCUT2D eigenvalue weighted by molar-refractivity contribution is 6.06. The Morgan fingerprint density at radius 2 is 2.04 bits per heavy atom. The molecule has 3 rings (SSSR count). The van der Waals surface area contributed by atoms with Gasteiger partial charge in [-0.15, -0.1) is 0 Å². The summed E-state index contributed by atoms with van der Waals surface area (Å²) >= 11 is 0. The number of primary amides is 1. The van der Waals surface area contributed by atoms with Crippen LogP contribution in [0.4, 0.5) is 0 Å². The summed E-state index contributed by atoms with van der Waals surface area (Å²) in [6.45, 7) is 4.08. The Morgan fingerprint density at radius 1 is 1.30 bits per heavy atom. The van der Waals surface area contributed by atoms with E-state index in [-0.39, 0.29) is 17.5 Å². The number of benzene rings is 1. The minimum absolute atomic E-state index is 0.103. The largest absolute Gasteiger partial charge is 0.478 e. The summed E-state index contributed by atoms with van der Waals surface area (Å²) < 4.78 is 2.02. The fourth-order valence-corrected chi connectivity index (χ4v) is 2.97. The highest BCUT2D eigenvalue weighted by atomic mass is 16.4. The first-order valence-corrected chi connectivity index (χ1v) is 7.46. The number of carboxylic acid groups (broad SMARTS) is 1. The van der Waals surface area contributed by atoms with E-state index in [2.05, 4.69) is 0 Å². The smallest absolute Gasteiger partial charge is 0.335 e. The van der Waals surface area contributed by atoms with Gasteiger partial charge in [-0.3, -0.25) is 4.79 Å². The summed E-state index contributed by atoms with van der Waals surface area (Å²) in [5, 5.41) is 9.85. The van der Waals surface area contributed by atoms with Crippen LogP contribution >= 0.6 is 0 Å². The van der Waals surface area contributed by atoms with Gasteiger partial charge >= 0.3 is 5.97 Å². The predicted molar refractivity (Wildman–Crippen MR) is 88.4 cm³/mol. The number of hydrogen-bond donors (Lipinski definition) is 2. The molecule has 1 aromatic heterocycles. The van der Waals surface area contributed by atoms with Crippen molar-refractivity contribution in [3.8, 4) is 0 Å². The van der Waals surface area contributed by atoms with Gasteiger partial charge in [-0.1, -0.05) is 24.3 Å². The Bertz CT molecular complexity index is 872. The van der Waals surface area contributed by atoms with Crippen LogP contribution in [0.3, 0.4) is 0 Å². The van der Waals surface area contributed by atoms with Gasteiger partial charge in [-0.25, -0.2) is 4.79 Å². The molecule has 0 saturated heterocycles. The number of aromatic nitrogens is 1. The van der Waals surface area contributed by atoms with Crippen LogP contribution in [0.1, 0.15) is 41.7 Å². The normalized spacial score (nSPS) is 17.0. The van der Waals surface area contributed by atoms with Gasteiger partial charge in [0.05, 0.1) is 11.1 Å². The van der Waals surface area contributed by atoms with Crippen LogP contribution < -0.4 is 5.73 Å². The number of allylic oxidation sites excluding steroid dienone is 2. The monoisotopic (exact) mass is 310 g/mol. The molecule has 5 heteroatoms. The van der Waals surface area contributed by atoms with Crippen LogP contribution in [-0.2, 0) is 4.79 Å². The quantitative estimate of drug-likeness (QED) is 0.910. The topological polar surface area (TPSA) is 85.3 Å². The first kappa shape index (κ1) is 15.1. The van der Waals surface area contributed by atoms with E-state index in [0.29, 0.717) is 5.56 Å². The lowest BCUT2D eigenvalue weighted by molar-refractivity contribution is -0.132. The number of rotatable bonds is 4. The number of fused-ring (bicyclic) bond motifs is 1. The van der Waals surface area contributed by atoms with Crippen LogP contribution in [0.15, 0.2) is 48.2 Å². The fraction of sp³-hybridized carbons (Fsp3) is 0.222. The van der Waals surface area contributed by atoms with Gasteiger partial charge < -0.3 is 15.4 Å². The summed E-state index contributed by atoms with van der Waals surface area (Å²) in [6, 6.07) is 6.05. The molecular weight excluding hydrogens is 292 g/mol. The highest BCUT2D eigenvalue weighted by Crippen LogP contribution is 2.32. The number of carboxylic acids is 1. The lowest BCUT2D eigenvalue weighted by atomic mass is 9.98. The summed E-state index contributed by atoms with van der Waals surface area (Å²) in [7, 11) is 0. The maximum Gasteiger partial charge on any atom is 0.335 e. The summed E-state index contributed by atoms with van der Waals surface area (Å²) in [4.78, 5) is 22.8. The molecule has 3 N–H and O–H groups in total. The van der Waals surface area contributed by atoms with Gasteiger partial charge in [0.15, 0.2) is 0 Å². The molecule has 0 bridgehead atoms. The van der Waals surface area contributed by atoms with Crippen molar-refractivity contribution in [1.29, 1.82) is 0 Å². The van der Waals surface area contributed by atoms with Crippen molar-refractivity contribution in [2.24, 2.45) is 5.73 Å². The Hall–Kier alpha value is -2.82. The summed E-state index contributed by atoms with van der Waals surface area (Å²) in [5.74, 6) is -1.50. The zero-order chi connectivity index (χ0) is 16.7. The summed E-state index contributed by atoms with van der Waals surface area (Å²) in [6.07, 6.45) is 6.93. The molecule has 0 saturated carbocycles. The van der Waals surface area contributed by atoms with E-state index in [1.54, 1.807) is 18.3 Å². The van der Waals surface area contributed by atoms with E-state index in [0.717, 1.165) is 16.5 Å². The molecule has 1 atom stereocenters. The SMILES string of the molecule is CC(C)n1cc(C(N)=O)c2cc(C3C=CC(C(=O)O)=C3)ccc21. The molecule has 0 spiro atoms. The fourth-order valence-electron chi connectivity index (χ4n) is 2.97. The molecule has 1 aromatic carbocycles. The van der Waals surface area contributed by atoms with E-state index in [1.807, 2.05) is 42.7 Å². The molecule has 0 fully saturated rings. The Morgan fingerprint density at radius 3 is 2.61 bits per heavy atom. The maximum absolute atomic E-state index is 11.7. The minimum Gasteiger partial charge on any atom is -0.478 e. The summed E-state index contributed by atoms with van der Waals surface area (Å²) in [5.41, 5.74) is 8.16. The van der Waals surface area contributed by atoms with Crippen molar-refractivity contribution in [1.82, 2.24) is 4.57 Å². The molecule has 1 unspecified atom stereocenters. The van der Waals surface area contributed by atoms with Gasteiger partial charge in [0.25, 0.3) is 5.91 Å². The van der Waals surface area contributed by atoms with Crippen LogP contribution in [0.2, 0.25) is 0 Å². The first-order valence-electron chi connectivity index (χ1n) is 7.46. The zero-order valence-corrected chi connectivity index (χ0v) is 13.0. The number of aliphatic carboxylic acids is 1. The Kier molecular flexibility index (Phi) is 3.56. The van der Waals surface area contributed by atoms with Crippen molar-refractivity contribution in [3.05, 3.63) is 59.3 Å². The molecule has 0 aliphatic heterocycles. The molecule has 1 aliphatic carbocycles. The number of nitrogens with two attached hydrogens (primary N) is 1. The second-order valence-corrected chi connectivity index (χ2v) is 6.00. The third-order valence-electron chi connectivity index (χ3n) is 4.15. The second kappa shape index (κ2) is 5.43. The first-order chi connectivity index (χ1) is 10.9. The van der Waals surface area contributed by atoms with Crippen LogP contribution in [0.5, 0.6) is 0 Å². The molecule has 5 nitrogen and oxygen atoms in total. The second-order valence-electron chi connectivity index (χ2n) is 6.00. The molecule has 1 heterocycles. The van der Waals surface area contributed by atoms with E-state index in [1.165, 1.54) is 0 Å². The molecule has 0 radical (unpaired) electrons. The predicted octanol–water partition coefficient (Wildman–Crippen LogP) is 2.99. The van der Waals surface area contributed by atoms with Crippen molar-refractivity contribution < 1.29 is 14.7 Å². The number of nitrogens with zero attached hydrogens (tertiary/aromatic N) is 1. The van der Waals surface area contributed by atoms with E-state index >= 15 is 0 Å². The number of amides is 1. The minimum atomic E-state index is -0.936. The van der Waals surface area contributed by atoms with Crippen LogP contribution in [0.25, 0.3) is 10.9 Å². The standard InChI is InChI=1S/C18H18N2O3/c1-10(2)20-9-15(17(19)21)14-8-12(5-6-16(14)20)11-3-4-13(7-11)18(22)23/h3-11H,1-2H3,(H2,19,21)(H,22,23). The maximum atomic E-state index is 11.7. The van der Waals surface area contributed by atoms with Crippen molar-refractivity contribution in [3.63, 3.8) is 0 Å². The zero-order valence-electron chi connectivity index (χ0n) is 13.0. The average Bonchev–Trinajstić information content (AvgIpc) is 3.11. The van der Waals surface area contributed by atoms with Gasteiger partial charge in [-0.05, 0) is 31.5 Å². The highest BCUT2D eigenvalue weighted by Gasteiger charge is 2.19. The van der Waals surface area contributed by atoms with Gasteiger partial charge in [0.2, 0.25) is 0 Å².